The van der Waals surface area contributed by atoms with Crippen LogP contribution < -0.4 is 4.90 Å². The van der Waals surface area contributed by atoms with Gasteiger partial charge >= 0.3 is 0 Å². The van der Waals surface area contributed by atoms with Crippen LogP contribution in [0.25, 0.3) is 10.2 Å². The lowest BCUT2D eigenvalue weighted by Gasteiger charge is -2.24. The van der Waals surface area contributed by atoms with Crippen molar-refractivity contribution >= 4 is 27.4 Å². The first kappa shape index (κ1) is 14.8. The summed E-state index contributed by atoms with van der Waals surface area (Å²) in [5, 5.41) is 1.35. The zero-order chi connectivity index (χ0) is 14.8. The average molecular weight is 303 g/mol. The summed E-state index contributed by atoms with van der Waals surface area (Å²) >= 11 is 1.89. The number of nitrogens with zero attached hydrogens (tertiary/aromatic N) is 3. The van der Waals surface area contributed by atoms with Crippen LogP contribution in [0.2, 0.25) is 0 Å². The summed E-state index contributed by atoms with van der Waals surface area (Å²) in [5.41, 5.74) is 1.54. The van der Waals surface area contributed by atoms with E-state index in [1.165, 1.54) is 48.1 Å². The Morgan fingerprint density at radius 2 is 2.19 bits per heavy atom. The van der Waals surface area contributed by atoms with Gasteiger partial charge in [0.1, 0.15) is 17.0 Å². The van der Waals surface area contributed by atoms with Gasteiger partial charge in [0.05, 0.1) is 5.39 Å². The molecule has 2 aromatic heterocycles. The minimum absolute atomic E-state index is 0.810. The molecule has 2 heterocycles. The maximum Gasteiger partial charge on any atom is 0.141 e. The molecule has 0 saturated carbocycles. The van der Waals surface area contributed by atoms with E-state index in [0.717, 1.165) is 19.0 Å². The van der Waals surface area contributed by atoms with Gasteiger partial charge in [-0.05, 0) is 44.1 Å². The topological polar surface area (TPSA) is 29.0 Å². The molecule has 3 rings (SSSR count). The third-order valence-corrected chi connectivity index (χ3v) is 5.70. The number of unbranched alkanes of at least 4 members (excludes halogenated alkanes) is 1. The highest BCUT2D eigenvalue weighted by molar-refractivity contribution is 7.19. The van der Waals surface area contributed by atoms with Gasteiger partial charge < -0.3 is 4.90 Å². The molecule has 1 aliphatic carbocycles. The van der Waals surface area contributed by atoms with Gasteiger partial charge in [0.2, 0.25) is 0 Å². The predicted molar refractivity (Wildman–Crippen MR) is 91.4 cm³/mol. The summed E-state index contributed by atoms with van der Waals surface area (Å²) in [4.78, 5) is 14.4. The molecule has 0 N–H and O–H groups in total. The number of fused-ring (bicyclic) bond motifs is 3. The number of hydrogen-bond acceptors (Lipinski definition) is 4. The van der Waals surface area contributed by atoms with Crippen molar-refractivity contribution in [2.45, 2.75) is 52.9 Å². The normalized spacial score (nSPS) is 18.0. The molecule has 0 fully saturated rings. The van der Waals surface area contributed by atoms with E-state index in [1.54, 1.807) is 16.8 Å². The van der Waals surface area contributed by atoms with E-state index in [0.29, 0.717) is 0 Å². The molecular weight excluding hydrogens is 278 g/mol. The second-order valence-electron chi connectivity index (χ2n) is 6.16. The van der Waals surface area contributed by atoms with E-state index in [1.807, 2.05) is 11.3 Å². The summed E-state index contributed by atoms with van der Waals surface area (Å²) < 4.78 is 0. The van der Waals surface area contributed by atoms with Crippen LogP contribution in [-0.2, 0) is 12.8 Å². The van der Waals surface area contributed by atoms with E-state index in [-0.39, 0.29) is 0 Å². The SMILES string of the molecule is CCCCN(CC)c1ncnc2sc3c(c12)CC[C@H](C)C3. The van der Waals surface area contributed by atoms with Crippen LogP contribution in [0.4, 0.5) is 5.82 Å². The Labute approximate surface area is 131 Å². The molecule has 2 aromatic rings. The lowest BCUT2D eigenvalue weighted by atomic mass is 9.89. The minimum atomic E-state index is 0.810. The predicted octanol–water partition coefficient (Wildman–Crippen LogP) is 4.44. The van der Waals surface area contributed by atoms with Crippen molar-refractivity contribution in [3.63, 3.8) is 0 Å². The Balaban J connectivity index is 2.06. The first-order valence-electron chi connectivity index (χ1n) is 8.24. The quantitative estimate of drug-likeness (QED) is 0.817. The molecule has 0 amide bonds. The summed E-state index contributed by atoms with van der Waals surface area (Å²) in [6.45, 7) is 8.95. The van der Waals surface area contributed by atoms with Gasteiger partial charge in [-0.3, -0.25) is 0 Å². The van der Waals surface area contributed by atoms with Crippen LogP contribution in [0.5, 0.6) is 0 Å². The van der Waals surface area contributed by atoms with Crippen LogP contribution >= 0.6 is 11.3 Å². The number of rotatable bonds is 5. The fraction of sp³-hybridized carbons (Fsp3) is 0.647. The molecule has 0 radical (unpaired) electrons. The number of anilines is 1. The Bertz CT molecular complexity index is 620. The Morgan fingerprint density at radius 1 is 1.33 bits per heavy atom. The molecule has 0 saturated heterocycles. The fourth-order valence-corrected chi connectivity index (χ4v) is 4.61. The maximum absolute atomic E-state index is 4.65. The van der Waals surface area contributed by atoms with Gasteiger partial charge in [-0.15, -0.1) is 11.3 Å². The standard InChI is InChI=1S/C17H25N3S/c1-4-6-9-20(5-2)16-15-13-8-7-12(3)10-14(13)21-17(15)19-11-18-16/h11-12H,4-10H2,1-3H3/t12-/m0/s1. The molecule has 21 heavy (non-hydrogen) atoms. The second kappa shape index (κ2) is 6.30. The van der Waals surface area contributed by atoms with Crippen molar-refractivity contribution < 1.29 is 0 Å². The lowest BCUT2D eigenvalue weighted by Crippen LogP contribution is -2.25. The summed E-state index contributed by atoms with van der Waals surface area (Å²) in [6, 6.07) is 0. The smallest absolute Gasteiger partial charge is 0.141 e. The third-order valence-electron chi connectivity index (χ3n) is 4.53. The van der Waals surface area contributed by atoms with Gasteiger partial charge in [0.15, 0.2) is 0 Å². The second-order valence-corrected chi connectivity index (χ2v) is 7.25. The molecule has 0 spiro atoms. The third kappa shape index (κ3) is 2.78. The monoisotopic (exact) mass is 303 g/mol. The van der Waals surface area contributed by atoms with Gasteiger partial charge in [0, 0.05) is 18.0 Å². The van der Waals surface area contributed by atoms with E-state index < -0.39 is 0 Å². The molecule has 3 nitrogen and oxygen atoms in total. The van der Waals surface area contributed by atoms with Crippen molar-refractivity contribution in [1.29, 1.82) is 0 Å². The molecule has 0 aromatic carbocycles. The zero-order valence-corrected chi connectivity index (χ0v) is 14.2. The molecule has 0 bridgehead atoms. The number of aromatic nitrogens is 2. The van der Waals surface area contributed by atoms with Crippen LogP contribution in [0.15, 0.2) is 6.33 Å². The number of hydrogen-bond donors (Lipinski definition) is 0. The van der Waals surface area contributed by atoms with Crippen LogP contribution in [-0.4, -0.2) is 23.1 Å². The molecule has 0 aliphatic heterocycles. The van der Waals surface area contributed by atoms with Gasteiger partial charge in [-0.2, -0.15) is 0 Å². The largest absolute Gasteiger partial charge is 0.356 e. The van der Waals surface area contributed by atoms with E-state index >= 15 is 0 Å². The number of aryl methyl sites for hydroxylation is 1. The average Bonchev–Trinajstić information content (AvgIpc) is 2.85. The molecule has 1 aliphatic rings. The fourth-order valence-electron chi connectivity index (χ4n) is 3.26. The zero-order valence-electron chi connectivity index (χ0n) is 13.4. The summed E-state index contributed by atoms with van der Waals surface area (Å²) in [6.07, 6.45) is 7.91. The molecule has 4 heteroatoms. The molecular formula is C17H25N3S. The number of thiophene rings is 1. The van der Waals surface area contributed by atoms with Crippen molar-refractivity contribution in [3.8, 4) is 0 Å². The van der Waals surface area contributed by atoms with Gasteiger partial charge in [0.25, 0.3) is 0 Å². The van der Waals surface area contributed by atoms with Gasteiger partial charge in [-0.25, -0.2) is 9.97 Å². The van der Waals surface area contributed by atoms with Crippen molar-refractivity contribution in [1.82, 2.24) is 9.97 Å². The Hall–Kier alpha value is -1.16. The van der Waals surface area contributed by atoms with Crippen molar-refractivity contribution in [3.05, 3.63) is 16.8 Å². The Kier molecular flexibility index (Phi) is 4.43. The molecule has 114 valence electrons. The van der Waals surface area contributed by atoms with Crippen LogP contribution in [0.3, 0.4) is 0 Å². The highest BCUT2D eigenvalue weighted by atomic mass is 32.1. The summed E-state index contributed by atoms with van der Waals surface area (Å²) in [5.74, 6) is 1.98. The van der Waals surface area contributed by atoms with E-state index in [2.05, 4.69) is 35.6 Å². The summed E-state index contributed by atoms with van der Waals surface area (Å²) in [7, 11) is 0. The van der Waals surface area contributed by atoms with Crippen molar-refractivity contribution in [2.24, 2.45) is 5.92 Å². The van der Waals surface area contributed by atoms with E-state index in [4.69, 9.17) is 0 Å². The first-order valence-corrected chi connectivity index (χ1v) is 9.06. The molecule has 1 atom stereocenters. The first-order chi connectivity index (χ1) is 10.2. The molecule has 0 unspecified atom stereocenters. The van der Waals surface area contributed by atoms with Crippen molar-refractivity contribution in [2.75, 3.05) is 18.0 Å². The lowest BCUT2D eigenvalue weighted by molar-refractivity contribution is 0.509. The highest BCUT2D eigenvalue weighted by Crippen LogP contribution is 2.40. The van der Waals surface area contributed by atoms with Crippen LogP contribution in [0, 0.1) is 5.92 Å². The van der Waals surface area contributed by atoms with Gasteiger partial charge in [-0.1, -0.05) is 20.3 Å². The van der Waals surface area contributed by atoms with E-state index in [9.17, 15) is 0 Å². The Morgan fingerprint density at radius 3 is 2.95 bits per heavy atom. The highest BCUT2D eigenvalue weighted by Gasteiger charge is 2.24. The van der Waals surface area contributed by atoms with Crippen LogP contribution in [0.1, 0.15) is 50.5 Å². The maximum atomic E-state index is 4.65. The minimum Gasteiger partial charge on any atom is -0.356 e.